The van der Waals surface area contributed by atoms with Crippen molar-refractivity contribution in [3.63, 3.8) is 0 Å². The molecule has 2 aliphatic carbocycles. The van der Waals surface area contributed by atoms with Gasteiger partial charge < -0.3 is 0 Å². The van der Waals surface area contributed by atoms with E-state index in [1.807, 2.05) is 6.92 Å². The lowest BCUT2D eigenvalue weighted by molar-refractivity contribution is 0.237. The van der Waals surface area contributed by atoms with Crippen molar-refractivity contribution >= 4 is 5.94 Å². The largest absolute Gasteiger partial charge is 0.234 e. The fourth-order valence-electron chi connectivity index (χ4n) is 3.57. The van der Waals surface area contributed by atoms with E-state index in [0.29, 0.717) is 0 Å². The van der Waals surface area contributed by atoms with Crippen molar-refractivity contribution in [3.8, 4) is 0 Å². The van der Waals surface area contributed by atoms with E-state index in [-0.39, 0.29) is 5.41 Å². The monoisotopic (exact) mass is 206 g/mol. The van der Waals surface area contributed by atoms with Crippen LogP contribution in [0.15, 0.2) is 5.57 Å². The lowest BCUT2D eigenvalue weighted by Gasteiger charge is -2.31. The average molecular weight is 206 g/mol. The SMILES string of the molecule is CC(=C=O)C(C)(C)CC1CC2CCC1C2. The molecule has 0 spiro atoms. The zero-order valence-corrected chi connectivity index (χ0v) is 10.2. The molecule has 2 fully saturated rings. The molecule has 84 valence electrons. The van der Waals surface area contributed by atoms with Crippen LogP contribution >= 0.6 is 0 Å². The zero-order chi connectivity index (χ0) is 11.1. The van der Waals surface area contributed by atoms with Crippen LogP contribution in [0.25, 0.3) is 0 Å². The molecule has 0 aromatic rings. The van der Waals surface area contributed by atoms with Crippen LogP contribution in [-0.4, -0.2) is 5.94 Å². The van der Waals surface area contributed by atoms with Gasteiger partial charge in [0, 0.05) is 5.57 Å². The van der Waals surface area contributed by atoms with Gasteiger partial charge in [-0.25, -0.2) is 4.79 Å². The Balaban J connectivity index is 2.00. The molecule has 0 heterocycles. The minimum atomic E-state index is 0.0664. The summed E-state index contributed by atoms with van der Waals surface area (Å²) in [5, 5.41) is 0. The highest BCUT2D eigenvalue weighted by Gasteiger charge is 2.41. The highest BCUT2D eigenvalue weighted by molar-refractivity contribution is 5.53. The third kappa shape index (κ3) is 2.03. The second-order valence-electron chi connectivity index (χ2n) is 6.25. The van der Waals surface area contributed by atoms with E-state index in [2.05, 4.69) is 19.8 Å². The van der Waals surface area contributed by atoms with E-state index in [1.165, 1.54) is 32.1 Å². The summed E-state index contributed by atoms with van der Waals surface area (Å²) in [7, 11) is 0. The molecule has 2 rings (SSSR count). The Morgan fingerprint density at radius 3 is 2.53 bits per heavy atom. The Kier molecular flexibility index (Phi) is 2.77. The third-order valence-corrected chi connectivity index (χ3v) is 4.83. The van der Waals surface area contributed by atoms with Gasteiger partial charge in [0.15, 0.2) is 0 Å². The van der Waals surface area contributed by atoms with E-state index in [4.69, 9.17) is 0 Å². The molecule has 2 bridgehead atoms. The van der Waals surface area contributed by atoms with Crippen molar-refractivity contribution in [2.24, 2.45) is 23.2 Å². The second-order valence-corrected chi connectivity index (χ2v) is 6.25. The smallest absolute Gasteiger partial charge is 0.123 e. The Labute approximate surface area is 92.9 Å². The predicted molar refractivity (Wildman–Crippen MR) is 62.2 cm³/mol. The minimum Gasteiger partial charge on any atom is -0.234 e. The molecule has 0 aliphatic heterocycles. The van der Waals surface area contributed by atoms with Crippen LogP contribution in [0.4, 0.5) is 0 Å². The maximum absolute atomic E-state index is 10.7. The molecule has 1 nitrogen and oxygen atoms in total. The molecule has 0 aromatic heterocycles. The molecular weight excluding hydrogens is 184 g/mol. The number of carbonyl (C=O) groups excluding carboxylic acids is 1. The van der Waals surface area contributed by atoms with Crippen molar-refractivity contribution in [2.75, 3.05) is 0 Å². The highest BCUT2D eigenvalue weighted by atomic mass is 16.1. The van der Waals surface area contributed by atoms with E-state index in [9.17, 15) is 4.79 Å². The molecule has 15 heavy (non-hydrogen) atoms. The van der Waals surface area contributed by atoms with Gasteiger partial charge in [0.2, 0.25) is 0 Å². The van der Waals surface area contributed by atoms with Gasteiger partial charge in [0.05, 0.1) is 0 Å². The van der Waals surface area contributed by atoms with Crippen molar-refractivity contribution < 1.29 is 4.79 Å². The molecule has 3 unspecified atom stereocenters. The van der Waals surface area contributed by atoms with Crippen LogP contribution in [-0.2, 0) is 4.79 Å². The Bertz CT molecular complexity index is 296. The maximum Gasteiger partial charge on any atom is 0.123 e. The Morgan fingerprint density at radius 2 is 2.07 bits per heavy atom. The first-order valence-corrected chi connectivity index (χ1v) is 6.25. The number of hydrogen-bond acceptors (Lipinski definition) is 1. The van der Waals surface area contributed by atoms with Gasteiger partial charge in [-0.2, -0.15) is 0 Å². The molecule has 1 heteroatoms. The summed E-state index contributed by atoms with van der Waals surface area (Å²) in [4.78, 5) is 10.7. The van der Waals surface area contributed by atoms with Gasteiger partial charge in [0.1, 0.15) is 5.94 Å². The first-order valence-electron chi connectivity index (χ1n) is 6.25. The summed E-state index contributed by atoms with van der Waals surface area (Å²) < 4.78 is 0. The standard InChI is InChI=1S/C14H22O/c1-10(9-15)14(2,3)8-13-7-11-4-5-12(13)6-11/h11-13H,4-8H2,1-3H3. The van der Waals surface area contributed by atoms with Crippen LogP contribution in [0, 0.1) is 23.2 Å². The van der Waals surface area contributed by atoms with E-state index in [1.54, 1.807) is 0 Å². The van der Waals surface area contributed by atoms with Gasteiger partial charge in [0.25, 0.3) is 0 Å². The summed E-state index contributed by atoms with van der Waals surface area (Å²) in [5.41, 5.74) is 0.960. The van der Waals surface area contributed by atoms with Crippen molar-refractivity contribution in [3.05, 3.63) is 5.57 Å². The minimum absolute atomic E-state index is 0.0664. The molecule has 0 amide bonds. The van der Waals surface area contributed by atoms with Crippen LogP contribution < -0.4 is 0 Å². The third-order valence-electron chi connectivity index (χ3n) is 4.83. The summed E-state index contributed by atoms with van der Waals surface area (Å²) in [6, 6.07) is 0. The molecule has 3 atom stereocenters. The van der Waals surface area contributed by atoms with E-state index in [0.717, 1.165) is 23.3 Å². The highest BCUT2D eigenvalue weighted by Crippen LogP contribution is 2.52. The van der Waals surface area contributed by atoms with Crippen LogP contribution in [0.3, 0.4) is 0 Å². The molecule has 0 aromatic carbocycles. The summed E-state index contributed by atoms with van der Waals surface area (Å²) in [6.45, 7) is 6.32. The van der Waals surface area contributed by atoms with Crippen LogP contribution in [0.5, 0.6) is 0 Å². The molecule has 0 saturated heterocycles. The van der Waals surface area contributed by atoms with Gasteiger partial charge >= 0.3 is 0 Å². The second kappa shape index (κ2) is 3.79. The van der Waals surface area contributed by atoms with Gasteiger partial charge in [-0.15, -0.1) is 0 Å². The molecule has 0 N–H and O–H groups in total. The molecular formula is C14H22O. The molecule has 2 aliphatic rings. The topological polar surface area (TPSA) is 17.1 Å². The predicted octanol–water partition coefficient (Wildman–Crippen LogP) is 3.62. The number of rotatable bonds is 3. The lowest BCUT2D eigenvalue weighted by atomic mass is 9.73. The number of allylic oxidation sites excluding steroid dienone is 1. The Hall–Kier alpha value is -0.550. The molecule has 2 saturated carbocycles. The fraction of sp³-hybridized carbons (Fsp3) is 0.857. The zero-order valence-electron chi connectivity index (χ0n) is 10.2. The summed E-state index contributed by atoms with van der Waals surface area (Å²) in [5.74, 6) is 4.94. The molecule has 0 radical (unpaired) electrons. The van der Waals surface area contributed by atoms with E-state index >= 15 is 0 Å². The van der Waals surface area contributed by atoms with Crippen molar-refractivity contribution in [2.45, 2.75) is 52.9 Å². The van der Waals surface area contributed by atoms with Gasteiger partial charge in [-0.3, -0.25) is 0 Å². The van der Waals surface area contributed by atoms with Gasteiger partial charge in [-0.05, 0) is 55.8 Å². The summed E-state index contributed by atoms with van der Waals surface area (Å²) >= 11 is 0. The Morgan fingerprint density at radius 1 is 1.33 bits per heavy atom. The first-order chi connectivity index (χ1) is 7.03. The van der Waals surface area contributed by atoms with Crippen LogP contribution in [0.1, 0.15) is 52.9 Å². The number of hydrogen-bond donors (Lipinski definition) is 0. The quantitative estimate of drug-likeness (QED) is 0.645. The first kappa shape index (κ1) is 11.0. The normalized spacial score (nSPS) is 34.2. The average Bonchev–Trinajstić information content (AvgIpc) is 2.77. The maximum atomic E-state index is 10.7. The van der Waals surface area contributed by atoms with Crippen molar-refractivity contribution in [1.82, 2.24) is 0 Å². The fourth-order valence-corrected chi connectivity index (χ4v) is 3.57. The van der Waals surface area contributed by atoms with E-state index < -0.39 is 0 Å². The lowest BCUT2D eigenvalue weighted by Crippen LogP contribution is -2.22. The number of fused-ring (bicyclic) bond motifs is 2. The van der Waals surface area contributed by atoms with Crippen LogP contribution in [0.2, 0.25) is 0 Å². The van der Waals surface area contributed by atoms with Gasteiger partial charge in [-0.1, -0.05) is 20.3 Å². The van der Waals surface area contributed by atoms with Crippen molar-refractivity contribution in [1.29, 1.82) is 0 Å². The summed E-state index contributed by atoms with van der Waals surface area (Å²) in [6.07, 6.45) is 6.97.